The van der Waals surface area contributed by atoms with Gasteiger partial charge in [0.15, 0.2) is 0 Å². The number of nitrogens with zero attached hydrogens (tertiary/aromatic N) is 2. The van der Waals surface area contributed by atoms with Gasteiger partial charge in [-0.05, 0) is 24.3 Å². The summed E-state index contributed by atoms with van der Waals surface area (Å²) in [6, 6.07) is 13.3. The second-order valence-corrected chi connectivity index (χ2v) is 7.09. The number of aryl methyl sites for hydroxylation is 1. The van der Waals surface area contributed by atoms with Gasteiger partial charge in [-0.2, -0.15) is 5.10 Å². The third kappa shape index (κ3) is 2.73. The van der Waals surface area contributed by atoms with Crippen LogP contribution in [0.2, 0.25) is 0 Å². The third-order valence-corrected chi connectivity index (χ3v) is 5.20. The topological polar surface area (TPSA) is 60.9 Å². The quantitative estimate of drug-likeness (QED) is 0.726. The summed E-state index contributed by atoms with van der Waals surface area (Å²) in [5.41, 5.74) is 8.32. The molecule has 0 saturated heterocycles. The van der Waals surface area contributed by atoms with E-state index in [-0.39, 0.29) is 0 Å². The van der Waals surface area contributed by atoms with Gasteiger partial charge in [-0.15, -0.1) is 0 Å². The molecule has 1 heterocycles. The Morgan fingerprint density at radius 3 is 2.86 bits per heavy atom. The average Bonchev–Trinajstić information content (AvgIpc) is 2.78. The monoisotopic (exact) mass is 363 g/mol. The van der Waals surface area contributed by atoms with Crippen LogP contribution in [0.25, 0.3) is 10.9 Å². The average molecular weight is 364 g/mol. The van der Waals surface area contributed by atoms with Gasteiger partial charge >= 0.3 is 0 Å². The number of rotatable bonds is 3. The van der Waals surface area contributed by atoms with Crippen LogP contribution >= 0.6 is 15.9 Å². The Bertz CT molecular complexity index is 844. The summed E-state index contributed by atoms with van der Waals surface area (Å²) in [7, 11) is 0.661. The Kier molecular flexibility index (Phi) is 3.82. The van der Waals surface area contributed by atoms with Crippen LogP contribution in [0.3, 0.4) is 0 Å². The number of hydrogen-bond donors (Lipinski definition) is 1. The zero-order chi connectivity index (χ0) is 15.0. The summed E-state index contributed by atoms with van der Waals surface area (Å²) in [6.07, 6.45) is 0. The van der Waals surface area contributed by atoms with Gasteiger partial charge in [-0.3, -0.25) is 8.89 Å². The summed E-state index contributed by atoms with van der Waals surface area (Å²) in [6.45, 7) is 0. The van der Waals surface area contributed by atoms with Crippen LogP contribution in [-0.4, -0.2) is 14.0 Å². The maximum absolute atomic E-state index is 12.6. The van der Waals surface area contributed by atoms with E-state index < -0.39 is 10.8 Å². The fourth-order valence-corrected chi connectivity index (χ4v) is 4.02. The van der Waals surface area contributed by atoms with Crippen molar-refractivity contribution in [3.8, 4) is 0 Å². The Labute approximate surface area is 133 Å². The zero-order valence-electron chi connectivity index (χ0n) is 11.4. The standard InChI is InChI=1S/C15H14BrN3OS/c1-19-14-5-3-2-4-11(14)13(18-19)9-21(20)15-8-10(16)6-7-12(15)17/h2-8H,9,17H2,1H3. The van der Waals surface area contributed by atoms with Crippen LogP contribution in [-0.2, 0) is 23.6 Å². The molecule has 2 N–H and O–H groups in total. The lowest BCUT2D eigenvalue weighted by molar-refractivity contribution is 0.681. The molecule has 0 fully saturated rings. The van der Waals surface area contributed by atoms with Crippen molar-refractivity contribution in [2.75, 3.05) is 5.73 Å². The molecule has 0 bridgehead atoms. The molecule has 0 saturated carbocycles. The lowest BCUT2D eigenvalue weighted by Crippen LogP contribution is -2.02. The Morgan fingerprint density at radius 1 is 1.29 bits per heavy atom. The molecule has 0 aliphatic rings. The highest BCUT2D eigenvalue weighted by Gasteiger charge is 2.14. The number of nitrogens with two attached hydrogens (primary N) is 1. The van der Waals surface area contributed by atoms with E-state index in [1.165, 1.54) is 0 Å². The number of aromatic nitrogens is 2. The molecule has 1 unspecified atom stereocenters. The molecule has 0 radical (unpaired) electrons. The van der Waals surface area contributed by atoms with Gasteiger partial charge < -0.3 is 5.73 Å². The van der Waals surface area contributed by atoms with Gasteiger partial charge in [0.2, 0.25) is 0 Å². The van der Waals surface area contributed by atoms with E-state index >= 15 is 0 Å². The van der Waals surface area contributed by atoms with E-state index in [4.69, 9.17) is 5.73 Å². The SMILES string of the molecule is Cn1nc(CS(=O)c2cc(Br)ccc2N)c2ccccc21. The minimum atomic E-state index is -1.23. The largest absolute Gasteiger partial charge is 0.398 e. The van der Waals surface area contributed by atoms with Crippen molar-refractivity contribution in [2.24, 2.45) is 7.05 Å². The second kappa shape index (κ2) is 5.61. The number of para-hydroxylation sites is 1. The highest BCUT2D eigenvalue weighted by molar-refractivity contribution is 9.10. The second-order valence-electron chi connectivity index (χ2n) is 4.76. The van der Waals surface area contributed by atoms with Crippen molar-refractivity contribution in [1.82, 2.24) is 9.78 Å². The van der Waals surface area contributed by atoms with Gasteiger partial charge in [0.1, 0.15) is 0 Å². The van der Waals surface area contributed by atoms with Crippen LogP contribution < -0.4 is 5.73 Å². The van der Waals surface area contributed by atoms with Crippen LogP contribution in [0.15, 0.2) is 51.8 Å². The number of halogens is 1. The molecule has 3 rings (SSSR count). The molecular formula is C15H14BrN3OS. The maximum Gasteiger partial charge on any atom is 0.0831 e. The highest BCUT2D eigenvalue weighted by atomic mass is 79.9. The first-order chi connectivity index (χ1) is 10.1. The normalized spacial score (nSPS) is 12.7. The summed E-state index contributed by atoms with van der Waals surface area (Å²) in [5.74, 6) is 0.349. The molecule has 108 valence electrons. The molecule has 6 heteroatoms. The van der Waals surface area contributed by atoms with Crippen molar-refractivity contribution >= 4 is 43.3 Å². The predicted octanol–water partition coefficient (Wildman–Crippen LogP) is 3.23. The van der Waals surface area contributed by atoms with E-state index in [9.17, 15) is 4.21 Å². The van der Waals surface area contributed by atoms with E-state index in [0.29, 0.717) is 16.3 Å². The fourth-order valence-electron chi connectivity index (χ4n) is 2.30. The number of nitrogen functional groups attached to an aromatic ring is 1. The molecule has 1 aromatic heterocycles. The van der Waals surface area contributed by atoms with E-state index in [2.05, 4.69) is 21.0 Å². The smallest absolute Gasteiger partial charge is 0.0831 e. The summed E-state index contributed by atoms with van der Waals surface area (Å²) >= 11 is 3.38. The predicted molar refractivity (Wildman–Crippen MR) is 89.4 cm³/mol. The maximum atomic E-state index is 12.6. The van der Waals surface area contributed by atoms with Gasteiger partial charge in [-0.1, -0.05) is 34.1 Å². The zero-order valence-corrected chi connectivity index (χ0v) is 13.8. The molecule has 1 atom stereocenters. The molecule has 4 nitrogen and oxygen atoms in total. The van der Waals surface area contributed by atoms with Gasteiger partial charge in [0, 0.05) is 22.6 Å². The molecule has 0 spiro atoms. The van der Waals surface area contributed by atoms with Crippen LogP contribution in [0.5, 0.6) is 0 Å². The highest BCUT2D eigenvalue weighted by Crippen LogP contribution is 2.25. The lowest BCUT2D eigenvalue weighted by atomic mass is 10.2. The first-order valence-corrected chi connectivity index (χ1v) is 8.51. The van der Waals surface area contributed by atoms with Gasteiger partial charge in [0.05, 0.1) is 32.7 Å². The first-order valence-electron chi connectivity index (χ1n) is 6.40. The third-order valence-electron chi connectivity index (χ3n) is 3.32. The van der Waals surface area contributed by atoms with Gasteiger partial charge in [0.25, 0.3) is 0 Å². The molecule has 21 heavy (non-hydrogen) atoms. The number of anilines is 1. The number of fused-ring (bicyclic) bond motifs is 1. The molecule has 3 aromatic rings. The Balaban J connectivity index is 1.99. The summed E-state index contributed by atoms with van der Waals surface area (Å²) in [5, 5.41) is 5.51. The summed E-state index contributed by atoms with van der Waals surface area (Å²) in [4.78, 5) is 0.638. The Hall–Kier alpha value is -1.66. The first kappa shape index (κ1) is 14.3. The van der Waals surface area contributed by atoms with Crippen LogP contribution in [0, 0.1) is 0 Å². The molecule has 0 amide bonds. The van der Waals surface area contributed by atoms with E-state index in [0.717, 1.165) is 21.1 Å². The van der Waals surface area contributed by atoms with E-state index in [1.807, 2.05) is 42.1 Å². The number of hydrogen-bond acceptors (Lipinski definition) is 3. The minimum Gasteiger partial charge on any atom is -0.398 e. The fraction of sp³-hybridized carbons (Fsp3) is 0.133. The summed E-state index contributed by atoms with van der Waals surface area (Å²) < 4.78 is 15.3. The van der Waals surface area contributed by atoms with Crippen molar-refractivity contribution in [3.63, 3.8) is 0 Å². The molecule has 0 aliphatic heterocycles. The molecule has 0 aliphatic carbocycles. The van der Waals surface area contributed by atoms with E-state index in [1.54, 1.807) is 12.1 Å². The molecular weight excluding hydrogens is 350 g/mol. The van der Waals surface area contributed by atoms with Crippen molar-refractivity contribution in [3.05, 3.63) is 52.6 Å². The Morgan fingerprint density at radius 2 is 2.05 bits per heavy atom. The van der Waals surface area contributed by atoms with Crippen LogP contribution in [0.1, 0.15) is 5.69 Å². The number of benzene rings is 2. The van der Waals surface area contributed by atoms with Crippen LogP contribution in [0.4, 0.5) is 5.69 Å². The van der Waals surface area contributed by atoms with Gasteiger partial charge in [-0.25, -0.2) is 0 Å². The van der Waals surface area contributed by atoms with Crippen molar-refractivity contribution < 1.29 is 4.21 Å². The lowest BCUT2D eigenvalue weighted by Gasteiger charge is -2.05. The minimum absolute atomic E-state index is 0.349. The van der Waals surface area contributed by atoms with Crippen molar-refractivity contribution in [2.45, 2.75) is 10.6 Å². The van der Waals surface area contributed by atoms with Crippen molar-refractivity contribution in [1.29, 1.82) is 0 Å². The molecule has 2 aromatic carbocycles.